The molecule has 1 aliphatic rings. The van der Waals surface area contributed by atoms with Crippen LogP contribution in [0.1, 0.15) is 19.3 Å². The Kier molecular flexibility index (Phi) is 5.70. The molecule has 6 heteroatoms. The molecule has 1 amide bonds. The molecule has 1 aliphatic heterocycles. The first-order valence-corrected chi connectivity index (χ1v) is 7.60. The molecule has 0 aromatic heterocycles. The molecule has 0 aliphatic carbocycles. The monoisotopic (exact) mass is 312 g/mol. The van der Waals surface area contributed by atoms with Crippen LogP contribution in [0.3, 0.4) is 0 Å². The zero-order valence-corrected chi connectivity index (χ0v) is 12.7. The average Bonchev–Trinajstić information content (AvgIpc) is 2.48. The highest BCUT2D eigenvalue weighted by Crippen LogP contribution is 2.25. The van der Waals surface area contributed by atoms with E-state index >= 15 is 0 Å². The van der Waals surface area contributed by atoms with E-state index in [1.807, 2.05) is 24.3 Å². The SMILES string of the molecule is O=C(O)N1CCCC(N(CCCO)c2cccc(Cl)c2)C1. The number of benzene rings is 1. The zero-order chi connectivity index (χ0) is 15.2. The van der Waals surface area contributed by atoms with Crippen molar-refractivity contribution in [3.8, 4) is 0 Å². The van der Waals surface area contributed by atoms with Crippen molar-refractivity contribution in [1.29, 1.82) is 0 Å². The van der Waals surface area contributed by atoms with Gasteiger partial charge in [0.2, 0.25) is 0 Å². The number of hydrogen-bond acceptors (Lipinski definition) is 3. The Morgan fingerprint density at radius 2 is 2.29 bits per heavy atom. The van der Waals surface area contributed by atoms with E-state index in [2.05, 4.69) is 4.90 Å². The quantitative estimate of drug-likeness (QED) is 0.877. The number of aliphatic hydroxyl groups is 1. The van der Waals surface area contributed by atoms with Crippen molar-refractivity contribution in [3.05, 3.63) is 29.3 Å². The van der Waals surface area contributed by atoms with E-state index in [0.29, 0.717) is 31.1 Å². The number of nitrogens with zero attached hydrogens (tertiary/aromatic N) is 2. The molecule has 1 saturated heterocycles. The minimum absolute atomic E-state index is 0.117. The van der Waals surface area contributed by atoms with E-state index in [1.54, 1.807) is 0 Å². The van der Waals surface area contributed by atoms with Crippen molar-refractivity contribution in [1.82, 2.24) is 4.90 Å². The predicted molar refractivity (Wildman–Crippen MR) is 83.1 cm³/mol. The Morgan fingerprint density at radius 3 is 2.95 bits per heavy atom. The maximum Gasteiger partial charge on any atom is 0.407 e. The van der Waals surface area contributed by atoms with Crippen LogP contribution in [-0.2, 0) is 0 Å². The first kappa shape index (κ1) is 15.9. The summed E-state index contributed by atoms with van der Waals surface area (Å²) in [7, 11) is 0. The lowest BCUT2D eigenvalue weighted by Crippen LogP contribution is -2.50. The second kappa shape index (κ2) is 7.52. The first-order valence-electron chi connectivity index (χ1n) is 7.22. The summed E-state index contributed by atoms with van der Waals surface area (Å²) in [4.78, 5) is 14.8. The fourth-order valence-electron chi connectivity index (χ4n) is 2.80. The number of halogens is 1. The number of likely N-dealkylation sites (tertiary alicyclic amines) is 1. The summed E-state index contributed by atoms with van der Waals surface area (Å²) in [5.74, 6) is 0. The molecule has 0 spiro atoms. The van der Waals surface area contributed by atoms with Gasteiger partial charge in [-0.1, -0.05) is 17.7 Å². The van der Waals surface area contributed by atoms with Crippen molar-refractivity contribution in [2.45, 2.75) is 25.3 Å². The molecule has 0 bridgehead atoms. The van der Waals surface area contributed by atoms with Crippen LogP contribution < -0.4 is 4.90 Å². The topological polar surface area (TPSA) is 64.0 Å². The van der Waals surface area contributed by atoms with Crippen LogP contribution in [0.5, 0.6) is 0 Å². The summed E-state index contributed by atoms with van der Waals surface area (Å²) in [6.07, 6.45) is 1.58. The highest BCUT2D eigenvalue weighted by atomic mass is 35.5. The van der Waals surface area contributed by atoms with Gasteiger partial charge < -0.3 is 20.0 Å². The third-order valence-corrected chi connectivity index (χ3v) is 4.04. The van der Waals surface area contributed by atoms with E-state index in [9.17, 15) is 9.90 Å². The Labute approximate surface area is 129 Å². The van der Waals surface area contributed by atoms with E-state index in [0.717, 1.165) is 18.5 Å². The van der Waals surface area contributed by atoms with Gasteiger partial charge in [-0.2, -0.15) is 0 Å². The van der Waals surface area contributed by atoms with Gasteiger partial charge in [-0.15, -0.1) is 0 Å². The summed E-state index contributed by atoms with van der Waals surface area (Å²) >= 11 is 6.06. The third kappa shape index (κ3) is 4.25. The number of carboxylic acid groups (broad SMARTS) is 1. The zero-order valence-electron chi connectivity index (χ0n) is 11.9. The second-order valence-corrected chi connectivity index (χ2v) is 5.71. The second-order valence-electron chi connectivity index (χ2n) is 5.28. The third-order valence-electron chi connectivity index (χ3n) is 3.80. The number of hydrogen-bond donors (Lipinski definition) is 2. The van der Waals surface area contributed by atoms with Crippen LogP contribution >= 0.6 is 11.6 Å². The van der Waals surface area contributed by atoms with Gasteiger partial charge in [0.1, 0.15) is 0 Å². The minimum Gasteiger partial charge on any atom is -0.465 e. The molecular weight excluding hydrogens is 292 g/mol. The summed E-state index contributed by atoms with van der Waals surface area (Å²) < 4.78 is 0. The molecule has 0 saturated carbocycles. The molecule has 1 atom stereocenters. The summed E-state index contributed by atoms with van der Waals surface area (Å²) in [6, 6.07) is 7.70. The van der Waals surface area contributed by atoms with Gasteiger partial charge in [0.25, 0.3) is 0 Å². The Balaban J connectivity index is 2.17. The molecule has 1 aromatic carbocycles. The number of amides is 1. The average molecular weight is 313 g/mol. The van der Waals surface area contributed by atoms with Crippen LogP contribution in [0, 0.1) is 0 Å². The van der Waals surface area contributed by atoms with Gasteiger partial charge in [0.15, 0.2) is 0 Å². The summed E-state index contributed by atoms with van der Waals surface area (Å²) in [6.45, 7) is 1.89. The van der Waals surface area contributed by atoms with Crippen LogP contribution in [0.15, 0.2) is 24.3 Å². The lowest BCUT2D eigenvalue weighted by Gasteiger charge is -2.39. The van der Waals surface area contributed by atoms with Gasteiger partial charge in [0.05, 0.1) is 0 Å². The normalized spacial score (nSPS) is 18.6. The van der Waals surface area contributed by atoms with Gasteiger partial charge in [-0.05, 0) is 37.5 Å². The fraction of sp³-hybridized carbons (Fsp3) is 0.533. The molecule has 116 valence electrons. The van der Waals surface area contributed by atoms with Gasteiger partial charge in [0, 0.05) is 43.0 Å². The molecule has 1 fully saturated rings. The molecule has 2 rings (SSSR count). The standard InChI is InChI=1S/C15H21ClN2O3/c16-12-4-1-5-13(10-12)18(8-3-9-19)14-6-2-7-17(11-14)15(20)21/h1,4-5,10,14,19H,2-3,6-9,11H2,(H,20,21). The van der Waals surface area contributed by atoms with Crippen molar-refractivity contribution in [3.63, 3.8) is 0 Å². The molecule has 2 N–H and O–H groups in total. The highest BCUT2D eigenvalue weighted by molar-refractivity contribution is 6.30. The number of aliphatic hydroxyl groups excluding tert-OH is 1. The summed E-state index contributed by atoms with van der Waals surface area (Å²) in [5, 5.41) is 18.9. The highest BCUT2D eigenvalue weighted by Gasteiger charge is 2.27. The van der Waals surface area contributed by atoms with Crippen molar-refractivity contribution < 1.29 is 15.0 Å². The Hall–Kier alpha value is -1.46. The molecular formula is C15H21ClN2O3. The van der Waals surface area contributed by atoms with Gasteiger partial charge in [-0.3, -0.25) is 0 Å². The van der Waals surface area contributed by atoms with Crippen molar-refractivity contribution >= 4 is 23.4 Å². The van der Waals surface area contributed by atoms with E-state index in [-0.39, 0.29) is 12.6 Å². The van der Waals surface area contributed by atoms with Crippen LogP contribution in [-0.4, -0.2) is 53.5 Å². The molecule has 1 unspecified atom stereocenters. The lowest BCUT2D eigenvalue weighted by atomic mass is 10.0. The first-order chi connectivity index (χ1) is 10.1. The molecule has 21 heavy (non-hydrogen) atoms. The van der Waals surface area contributed by atoms with E-state index < -0.39 is 6.09 Å². The Bertz CT molecular complexity index is 484. The number of piperidine rings is 1. The van der Waals surface area contributed by atoms with Gasteiger partial charge in [-0.25, -0.2) is 4.79 Å². The predicted octanol–water partition coefficient (Wildman–Crippen LogP) is 2.67. The maximum atomic E-state index is 11.2. The lowest BCUT2D eigenvalue weighted by molar-refractivity contribution is 0.129. The van der Waals surface area contributed by atoms with Crippen molar-refractivity contribution in [2.75, 3.05) is 31.1 Å². The number of anilines is 1. The number of carbonyl (C=O) groups is 1. The molecule has 1 aromatic rings. The van der Waals surface area contributed by atoms with Crippen LogP contribution in [0.2, 0.25) is 5.02 Å². The van der Waals surface area contributed by atoms with E-state index in [1.165, 1.54) is 4.90 Å². The maximum absolute atomic E-state index is 11.2. The fourth-order valence-corrected chi connectivity index (χ4v) is 2.99. The van der Waals surface area contributed by atoms with Gasteiger partial charge >= 0.3 is 6.09 Å². The van der Waals surface area contributed by atoms with Crippen LogP contribution in [0.25, 0.3) is 0 Å². The number of rotatable bonds is 5. The smallest absolute Gasteiger partial charge is 0.407 e. The minimum atomic E-state index is -0.868. The summed E-state index contributed by atoms with van der Waals surface area (Å²) in [5.41, 5.74) is 0.980. The Morgan fingerprint density at radius 1 is 1.48 bits per heavy atom. The van der Waals surface area contributed by atoms with Crippen molar-refractivity contribution in [2.24, 2.45) is 0 Å². The molecule has 5 nitrogen and oxygen atoms in total. The molecule has 1 heterocycles. The van der Waals surface area contributed by atoms with E-state index in [4.69, 9.17) is 16.7 Å². The molecule has 0 radical (unpaired) electrons. The largest absolute Gasteiger partial charge is 0.465 e. The van der Waals surface area contributed by atoms with Crippen LogP contribution in [0.4, 0.5) is 10.5 Å².